The number of aliphatic hydroxyl groups excluding tert-OH is 3. The van der Waals surface area contributed by atoms with Crippen molar-refractivity contribution in [2.24, 2.45) is 0 Å². The van der Waals surface area contributed by atoms with Crippen molar-refractivity contribution < 1.29 is 20.1 Å². The SMILES string of the molecule is C.C.O=C(CO)C(O)CO. The number of ketones is 1. The van der Waals surface area contributed by atoms with Gasteiger partial charge in [0, 0.05) is 0 Å². The summed E-state index contributed by atoms with van der Waals surface area (Å²) in [5, 5.41) is 24.4. The minimum Gasteiger partial charge on any atom is -0.393 e. The van der Waals surface area contributed by atoms with Crippen molar-refractivity contribution in [1.29, 1.82) is 0 Å². The van der Waals surface area contributed by atoms with E-state index in [2.05, 4.69) is 0 Å². The molecule has 0 saturated heterocycles. The lowest BCUT2D eigenvalue weighted by atomic mass is 10.3. The smallest absolute Gasteiger partial charge is 0.188 e. The summed E-state index contributed by atoms with van der Waals surface area (Å²) < 4.78 is 0. The van der Waals surface area contributed by atoms with Gasteiger partial charge in [-0.2, -0.15) is 0 Å². The number of carbonyl (C=O) groups excluding carboxylic acids is 1. The van der Waals surface area contributed by atoms with Gasteiger partial charge in [-0.05, 0) is 0 Å². The number of rotatable bonds is 3. The lowest BCUT2D eigenvalue weighted by Crippen LogP contribution is -2.26. The highest BCUT2D eigenvalue weighted by Crippen LogP contribution is 1.80. The van der Waals surface area contributed by atoms with E-state index in [-0.39, 0.29) is 14.9 Å². The van der Waals surface area contributed by atoms with Gasteiger partial charge in [0.1, 0.15) is 12.7 Å². The molecule has 4 nitrogen and oxygen atoms in total. The van der Waals surface area contributed by atoms with E-state index in [0.717, 1.165) is 0 Å². The van der Waals surface area contributed by atoms with Crippen LogP contribution in [0.2, 0.25) is 0 Å². The van der Waals surface area contributed by atoms with Gasteiger partial charge < -0.3 is 15.3 Å². The summed E-state index contributed by atoms with van der Waals surface area (Å²) in [4.78, 5) is 10.1. The van der Waals surface area contributed by atoms with Crippen molar-refractivity contribution in [2.45, 2.75) is 21.0 Å². The van der Waals surface area contributed by atoms with E-state index in [1.807, 2.05) is 0 Å². The molecule has 0 bridgehead atoms. The van der Waals surface area contributed by atoms with Crippen molar-refractivity contribution in [2.75, 3.05) is 13.2 Å². The van der Waals surface area contributed by atoms with Crippen LogP contribution in [0.25, 0.3) is 0 Å². The normalized spacial score (nSPS) is 10.7. The molecule has 0 aromatic rings. The Balaban J connectivity index is -0.000000245. The Labute approximate surface area is 61.1 Å². The van der Waals surface area contributed by atoms with Crippen molar-refractivity contribution in [3.8, 4) is 0 Å². The van der Waals surface area contributed by atoms with Crippen molar-refractivity contribution in [3.63, 3.8) is 0 Å². The summed E-state index contributed by atoms with van der Waals surface area (Å²) >= 11 is 0. The lowest BCUT2D eigenvalue weighted by Gasteiger charge is -2.00. The number of aliphatic hydroxyl groups is 3. The zero-order valence-electron chi connectivity index (χ0n) is 4.24. The van der Waals surface area contributed by atoms with Crippen LogP contribution in [0.15, 0.2) is 0 Å². The molecular weight excluding hydrogens is 136 g/mol. The molecule has 1 unspecified atom stereocenters. The summed E-state index contributed by atoms with van der Waals surface area (Å²) in [6.45, 7) is -1.35. The van der Waals surface area contributed by atoms with Gasteiger partial charge in [-0.15, -0.1) is 0 Å². The predicted molar refractivity (Wildman–Crippen MR) is 38.6 cm³/mol. The first-order valence-corrected chi connectivity index (χ1v) is 2.15. The first kappa shape index (κ1) is 16.3. The monoisotopic (exact) mass is 152 g/mol. The summed E-state index contributed by atoms with van der Waals surface area (Å²) in [5.74, 6) is -0.757. The van der Waals surface area contributed by atoms with Crippen molar-refractivity contribution in [3.05, 3.63) is 0 Å². The van der Waals surface area contributed by atoms with E-state index in [0.29, 0.717) is 0 Å². The molecule has 0 radical (unpaired) electrons. The number of hydrogen-bond acceptors (Lipinski definition) is 4. The molecule has 0 aliphatic carbocycles. The molecule has 0 amide bonds. The first-order valence-electron chi connectivity index (χ1n) is 2.15. The van der Waals surface area contributed by atoms with Gasteiger partial charge in [-0.25, -0.2) is 0 Å². The van der Waals surface area contributed by atoms with Gasteiger partial charge in [0.15, 0.2) is 5.78 Å². The summed E-state index contributed by atoms with van der Waals surface area (Å²) in [7, 11) is 0. The molecule has 4 heteroatoms. The topological polar surface area (TPSA) is 77.8 Å². The second kappa shape index (κ2) is 8.55. The van der Waals surface area contributed by atoms with E-state index >= 15 is 0 Å². The van der Waals surface area contributed by atoms with Crippen molar-refractivity contribution >= 4 is 5.78 Å². The maximum atomic E-state index is 10.1. The molecule has 0 aromatic carbocycles. The van der Waals surface area contributed by atoms with E-state index in [1.54, 1.807) is 0 Å². The fourth-order valence-electron chi connectivity index (χ4n) is 0.207. The Bertz CT molecular complexity index is 81.8. The van der Waals surface area contributed by atoms with Gasteiger partial charge >= 0.3 is 0 Å². The molecule has 0 heterocycles. The van der Waals surface area contributed by atoms with E-state index in [4.69, 9.17) is 15.3 Å². The Morgan fingerprint density at radius 3 is 1.80 bits per heavy atom. The molecular formula is C6H16O4. The van der Waals surface area contributed by atoms with E-state index < -0.39 is 25.1 Å². The van der Waals surface area contributed by atoms with Crippen LogP contribution in [0.5, 0.6) is 0 Å². The average molecular weight is 152 g/mol. The number of carbonyl (C=O) groups is 1. The first-order chi connectivity index (χ1) is 3.72. The Morgan fingerprint density at radius 2 is 1.70 bits per heavy atom. The maximum absolute atomic E-state index is 10.1. The summed E-state index contributed by atoms with van der Waals surface area (Å²) in [6.07, 6.45) is -1.42. The zero-order chi connectivity index (χ0) is 6.57. The van der Waals surface area contributed by atoms with Crippen LogP contribution in [0.1, 0.15) is 14.9 Å². The van der Waals surface area contributed by atoms with Crippen LogP contribution in [0, 0.1) is 0 Å². The van der Waals surface area contributed by atoms with Crippen LogP contribution >= 0.6 is 0 Å². The molecule has 0 fully saturated rings. The highest BCUT2D eigenvalue weighted by Gasteiger charge is 2.10. The van der Waals surface area contributed by atoms with Gasteiger partial charge in [0.2, 0.25) is 0 Å². The molecule has 0 aliphatic rings. The highest BCUT2D eigenvalue weighted by molar-refractivity contribution is 5.83. The minimum absolute atomic E-state index is 0. The third-order valence-electron chi connectivity index (χ3n) is 0.700. The Morgan fingerprint density at radius 1 is 1.30 bits per heavy atom. The third-order valence-corrected chi connectivity index (χ3v) is 0.700. The quantitative estimate of drug-likeness (QED) is 0.493. The Kier molecular flexibility index (Phi) is 13.9. The summed E-state index contributed by atoms with van der Waals surface area (Å²) in [5.41, 5.74) is 0. The maximum Gasteiger partial charge on any atom is 0.188 e. The predicted octanol–water partition coefficient (Wildman–Crippen LogP) is -0.827. The third kappa shape index (κ3) is 5.68. The Hall–Kier alpha value is -0.450. The highest BCUT2D eigenvalue weighted by atomic mass is 16.3. The molecule has 3 N–H and O–H groups in total. The summed E-state index contributed by atoms with van der Waals surface area (Å²) in [6, 6.07) is 0. The van der Waals surface area contributed by atoms with Crippen molar-refractivity contribution in [1.82, 2.24) is 0 Å². The molecule has 0 aliphatic heterocycles. The molecule has 0 saturated carbocycles. The molecule has 64 valence electrons. The van der Waals surface area contributed by atoms with Crippen LogP contribution in [0.3, 0.4) is 0 Å². The van der Waals surface area contributed by atoms with E-state index in [9.17, 15) is 4.79 Å². The van der Waals surface area contributed by atoms with Gasteiger partial charge in [-0.1, -0.05) is 14.9 Å². The number of Topliss-reactive ketones (excluding diaryl/α,β-unsaturated/α-hetero) is 1. The molecule has 0 aromatic heterocycles. The van der Waals surface area contributed by atoms with Crippen LogP contribution in [-0.2, 0) is 4.79 Å². The molecule has 10 heavy (non-hydrogen) atoms. The fraction of sp³-hybridized carbons (Fsp3) is 0.833. The van der Waals surface area contributed by atoms with Gasteiger partial charge in [-0.3, -0.25) is 4.79 Å². The fourth-order valence-corrected chi connectivity index (χ4v) is 0.207. The molecule has 0 rings (SSSR count). The standard InChI is InChI=1S/C4H8O4.2CH4/c5-1-3(7)4(8)2-6;;/h3,5-7H,1-2H2;2*1H4. The van der Waals surface area contributed by atoms with Crippen LogP contribution < -0.4 is 0 Å². The second-order valence-corrected chi connectivity index (χ2v) is 1.32. The minimum atomic E-state index is -1.42. The van der Waals surface area contributed by atoms with Gasteiger partial charge in [0.05, 0.1) is 6.61 Å². The number of hydrogen-bond donors (Lipinski definition) is 3. The largest absolute Gasteiger partial charge is 0.393 e. The molecule has 1 atom stereocenters. The average Bonchev–Trinajstić information content (AvgIpc) is 1.84. The van der Waals surface area contributed by atoms with E-state index in [1.165, 1.54) is 0 Å². The second-order valence-electron chi connectivity index (χ2n) is 1.32. The zero-order valence-corrected chi connectivity index (χ0v) is 4.24. The molecule has 0 spiro atoms. The van der Waals surface area contributed by atoms with Crippen LogP contribution in [-0.4, -0.2) is 40.4 Å². The van der Waals surface area contributed by atoms with Crippen LogP contribution in [0.4, 0.5) is 0 Å². The lowest BCUT2D eigenvalue weighted by molar-refractivity contribution is -0.131. The van der Waals surface area contributed by atoms with Gasteiger partial charge in [0.25, 0.3) is 0 Å².